The van der Waals surface area contributed by atoms with Gasteiger partial charge >= 0.3 is 12.4 Å². The normalized spacial score (nSPS) is 19.8. The fourth-order valence-electron chi connectivity index (χ4n) is 4.54. The fraction of sp³-hybridized carbons (Fsp3) is 0.591. The van der Waals surface area contributed by atoms with Gasteiger partial charge in [-0.05, 0) is 25.5 Å². The van der Waals surface area contributed by atoms with E-state index in [-0.39, 0.29) is 29.9 Å². The van der Waals surface area contributed by atoms with Crippen molar-refractivity contribution in [1.82, 2.24) is 30.0 Å². The van der Waals surface area contributed by atoms with Crippen molar-refractivity contribution in [3.05, 3.63) is 45.6 Å². The number of aromatic nitrogens is 4. The highest BCUT2D eigenvalue weighted by Crippen LogP contribution is 2.31. The number of nitrogens with one attached hydrogen (secondary N) is 1. The van der Waals surface area contributed by atoms with E-state index in [1.807, 2.05) is 10.00 Å². The van der Waals surface area contributed by atoms with Crippen LogP contribution < -0.4 is 10.5 Å². The highest BCUT2D eigenvalue weighted by Gasteiger charge is 2.36. The molecule has 1 amide bonds. The molecule has 0 spiro atoms. The van der Waals surface area contributed by atoms with Crippen LogP contribution >= 0.6 is 0 Å². The van der Waals surface area contributed by atoms with E-state index in [4.69, 9.17) is 0 Å². The van der Waals surface area contributed by atoms with Crippen molar-refractivity contribution < 1.29 is 31.1 Å². The first-order valence-corrected chi connectivity index (χ1v) is 11.7. The number of piperazine rings is 1. The van der Waals surface area contributed by atoms with E-state index in [2.05, 4.69) is 15.1 Å². The zero-order valence-electron chi connectivity index (χ0n) is 19.6. The van der Waals surface area contributed by atoms with E-state index in [1.54, 1.807) is 9.80 Å². The molecule has 4 rings (SSSR count). The lowest BCUT2D eigenvalue weighted by Crippen LogP contribution is -2.50. The third kappa shape index (κ3) is 6.56. The van der Waals surface area contributed by atoms with Crippen molar-refractivity contribution in [1.29, 1.82) is 0 Å². The van der Waals surface area contributed by atoms with Gasteiger partial charge in [0.2, 0.25) is 11.9 Å². The Kier molecular flexibility index (Phi) is 7.71. The van der Waals surface area contributed by atoms with Crippen LogP contribution in [-0.2, 0) is 17.1 Å². The maximum Gasteiger partial charge on any atom is 0.421 e. The minimum atomic E-state index is -4.77. The molecule has 9 nitrogen and oxygen atoms in total. The molecule has 37 heavy (non-hydrogen) atoms. The molecule has 2 aromatic heterocycles. The standard InChI is InChI=1S/C22H25F6N7O2/c23-21(24,25)15-11-29-20(30-12-15)35-8-6-34(7-9-35)18(36)3-5-33-4-1-2-14(13-33)17-10-16(22(26,27)28)19(37)32-31-17/h10-12,14H,1-9,13H2,(H,32,37). The van der Waals surface area contributed by atoms with Gasteiger partial charge in [0, 0.05) is 64.0 Å². The summed E-state index contributed by atoms with van der Waals surface area (Å²) >= 11 is 0. The lowest BCUT2D eigenvalue weighted by Gasteiger charge is -2.36. The molecule has 2 aliphatic rings. The monoisotopic (exact) mass is 533 g/mol. The van der Waals surface area contributed by atoms with Gasteiger partial charge in [0.25, 0.3) is 5.56 Å². The van der Waals surface area contributed by atoms with Gasteiger partial charge in [-0.15, -0.1) is 0 Å². The molecule has 2 saturated heterocycles. The van der Waals surface area contributed by atoms with Gasteiger partial charge in [-0.1, -0.05) is 0 Å². The number of likely N-dealkylation sites (tertiary alicyclic amines) is 1. The molecular formula is C22H25F6N7O2. The Bertz CT molecular complexity index is 1140. The summed E-state index contributed by atoms with van der Waals surface area (Å²) in [6.45, 7) is 3.03. The topological polar surface area (TPSA) is 98.3 Å². The van der Waals surface area contributed by atoms with E-state index in [0.29, 0.717) is 58.7 Å². The lowest BCUT2D eigenvalue weighted by molar-refractivity contribution is -0.139. The largest absolute Gasteiger partial charge is 0.421 e. The molecule has 2 fully saturated rings. The molecule has 2 aromatic rings. The number of hydrogen-bond donors (Lipinski definition) is 1. The van der Waals surface area contributed by atoms with Crippen LogP contribution in [0.4, 0.5) is 32.3 Å². The van der Waals surface area contributed by atoms with Crippen LogP contribution in [0.25, 0.3) is 0 Å². The first-order chi connectivity index (χ1) is 17.4. The van der Waals surface area contributed by atoms with Crippen molar-refractivity contribution in [2.75, 3.05) is 50.7 Å². The third-order valence-corrected chi connectivity index (χ3v) is 6.58. The number of carbonyl (C=O) groups excluding carboxylic acids is 1. The number of rotatable bonds is 5. The van der Waals surface area contributed by atoms with Gasteiger partial charge in [0.05, 0.1) is 11.3 Å². The van der Waals surface area contributed by atoms with Gasteiger partial charge in [0.1, 0.15) is 5.56 Å². The maximum atomic E-state index is 13.1. The number of hydrogen-bond acceptors (Lipinski definition) is 7. The summed E-state index contributed by atoms with van der Waals surface area (Å²) in [4.78, 5) is 37.2. The average Bonchev–Trinajstić information content (AvgIpc) is 2.87. The van der Waals surface area contributed by atoms with Gasteiger partial charge in [-0.25, -0.2) is 15.1 Å². The third-order valence-electron chi connectivity index (χ3n) is 6.58. The number of carbonyl (C=O) groups is 1. The summed E-state index contributed by atoms with van der Waals surface area (Å²) in [7, 11) is 0. The van der Waals surface area contributed by atoms with Crippen molar-refractivity contribution in [3.8, 4) is 0 Å². The molecule has 4 heterocycles. The van der Waals surface area contributed by atoms with Crippen molar-refractivity contribution in [3.63, 3.8) is 0 Å². The second-order valence-corrected chi connectivity index (χ2v) is 9.06. The number of amides is 1. The minimum absolute atomic E-state index is 0.0864. The minimum Gasteiger partial charge on any atom is -0.339 e. The summed E-state index contributed by atoms with van der Waals surface area (Å²) in [6.07, 6.45) is -6.26. The molecule has 0 radical (unpaired) electrons. The van der Waals surface area contributed by atoms with Gasteiger partial charge in [-0.2, -0.15) is 31.4 Å². The van der Waals surface area contributed by atoms with E-state index >= 15 is 0 Å². The first-order valence-electron chi connectivity index (χ1n) is 11.7. The van der Waals surface area contributed by atoms with E-state index in [0.717, 1.165) is 18.5 Å². The second kappa shape index (κ2) is 10.6. The van der Waals surface area contributed by atoms with Crippen LogP contribution in [0.2, 0.25) is 0 Å². The number of piperidine rings is 1. The van der Waals surface area contributed by atoms with Crippen LogP contribution in [0.1, 0.15) is 42.0 Å². The number of alkyl halides is 6. The van der Waals surface area contributed by atoms with Crippen molar-refractivity contribution in [2.24, 2.45) is 0 Å². The molecular weight excluding hydrogens is 508 g/mol. The Morgan fingerprint density at radius 3 is 2.30 bits per heavy atom. The molecule has 1 unspecified atom stereocenters. The molecule has 0 aliphatic carbocycles. The van der Waals surface area contributed by atoms with Crippen LogP contribution in [0.3, 0.4) is 0 Å². The Morgan fingerprint density at radius 2 is 1.68 bits per heavy atom. The number of H-pyrrole nitrogens is 1. The fourth-order valence-corrected chi connectivity index (χ4v) is 4.54. The van der Waals surface area contributed by atoms with E-state index < -0.39 is 29.0 Å². The molecule has 0 saturated carbocycles. The predicted molar refractivity (Wildman–Crippen MR) is 119 cm³/mol. The highest BCUT2D eigenvalue weighted by atomic mass is 19.4. The van der Waals surface area contributed by atoms with E-state index in [1.165, 1.54) is 0 Å². The molecule has 1 atom stereocenters. The molecule has 0 bridgehead atoms. The Balaban J connectivity index is 1.26. The summed E-state index contributed by atoms with van der Waals surface area (Å²) < 4.78 is 77.3. The lowest BCUT2D eigenvalue weighted by atomic mass is 9.93. The van der Waals surface area contributed by atoms with Gasteiger partial charge < -0.3 is 14.7 Å². The summed E-state index contributed by atoms with van der Waals surface area (Å²) in [5.74, 6) is -0.213. The van der Waals surface area contributed by atoms with Gasteiger partial charge in [-0.3, -0.25) is 9.59 Å². The molecule has 15 heteroatoms. The van der Waals surface area contributed by atoms with Crippen LogP contribution in [0, 0.1) is 0 Å². The van der Waals surface area contributed by atoms with Crippen molar-refractivity contribution in [2.45, 2.75) is 37.5 Å². The average molecular weight is 533 g/mol. The molecule has 1 N–H and O–H groups in total. The molecule has 202 valence electrons. The highest BCUT2D eigenvalue weighted by molar-refractivity contribution is 5.76. The number of anilines is 1. The Labute approximate surface area is 207 Å². The summed E-state index contributed by atoms with van der Waals surface area (Å²) in [5, 5.41) is 5.76. The number of halogens is 6. The molecule has 0 aromatic carbocycles. The second-order valence-electron chi connectivity index (χ2n) is 9.06. The smallest absolute Gasteiger partial charge is 0.339 e. The maximum absolute atomic E-state index is 13.1. The molecule has 2 aliphatic heterocycles. The van der Waals surface area contributed by atoms with Crippen molar-refractivity contribution >= 4 is 11.9 Å². The Morgan fingerprint density at radius 1 is 1.00 bits per heavy atom. The van der Waals surface area contributed by atoms with Crippen LogP contribution in [0.15, 0.2) is 23.3 Å². The Hall–Kier alpha value is -3.23. The van der Waals surface area contributed by atoms with Gasteiger partial charge in [0.15, 0.2) is 0 Å². The number of nitrogens with zero attached hydrogens (tertiary/aromatic N) is 6. The predicted octanol–water partition coefficient (Wildman–Crippen LogP) is 2.52. The first kappa shape index (κ1) is 26.8. The van der Waals surface area contributed by atoms with E-state index in [9.17, 15) is 35.9 Å². The summed E-state index contributed by atoms with van der Waals surface area (Å²) in [6, 6.07) is 0.804. The van der Waals surface area contributed by atoms with Crippen LogP contribution in [-0.4, -0.2) is 81.7 Å². The summed E-state index contributed by atoms with van der Waals surface area (Å²) in [5.41, 5.74) is -3.31. The zero-order valence-corrected chi connectivity index (χ0v) is 19.6. The quantitative estimate of drug-likeness (QED) is 0.590. The van der Waals surface area contributed by atoms with Crippen LogP contribution in [0.5, 0.6) is 0 Å². The number of aromatic amines is 1. The zero-order chi connectivity index (χ0) is 26.8. The SMILES string of the molecule is O=C(CCN1CCCC(c2cc(C(F)(F)F)c(=O)[nH]n2)C1)N1CCN(c2ncc(C(F)(F)F)cn2)CC1.